The number of rotatable bonds is 6. The van der Waals surface area contributed by atoms with Crippen molar-refractivity contribution < 1.29 is 91.6 Å². The average molecular weight is 613 g/mol. The summed E-state index contributed by atoms with van der Waals surface area (Å²) in [6.07, 6.45) is 1.11. The topological polar surface area (TPSA) is 93.4 Å². The van der Waals surface area contributed by atoms with Gasteiger partial charge >= 0.3 is 75.1 Å². The summed E-state index contributed by atoms with van der Waals surface area (Å²) >= 11 is 0. The second-order valence-electron chi connectivity index (χ2n) is 8.33. The zero-order valence-corrected chi connectivity index (χ0v) is 27.4. The summed E-state index contributed by atoms with van der Waals surface area (Å²) < 4.78 is 45.4. The van der Waals surface area contributed by atoms with Crippen molar-refractivity contribution in [3.05, 3.63) is 43.2 Å². The average Bonchev–Trinajstić information content (AvgIpc) is 3.55. The summed E-state index contributed by atoms with van der Waals surface area (Å²) in [5.41, 5.74) is 5.04. The van der Waals surface area contributed by atoms with Crippen LogP contribution >= 0.6 is 0 Å². The SMILES string of the molecule is CN.COc1ncc(C(=O)NCC2CC2)c(N2CCC(C)C2)c1-c1ccnc(C(F)(F)F)c1.[CH3-].[Cs+]. The Morgan fingerprint density at radius 2 is 1.94 bits per heavy atom. The first-order valence-electron chi connectivity index (χ1n) is 11.0. The van der Waals surface area contributed by atoms with Crippen molar-refractivity contribution in [3.8, 4) is 17.0 Å². The maximum atomic E-state index is 13.3. The number of halogens is 3. The standard InChI is InChI=1S/C22H25F3N4O2.CH5N.CH3.Cs/c1-13-6-8-29(12-13)19-16(20(30)27-10-14-3-4-14)11-28-21(31-2)18(19)15-5-7-26-17(9-15)22(23,24)25;1-2;;/h5,7,9,11,13-14H,3-4,6,8,10,12H2,1-2H3,(H,27,30);2H2,1H3;1H3;/q;;-1;+1. The van der Waals surface area contributed by atoms with Crippen LogP contribution in [0.5, 0.6) is 5.88 Å². The van der Waals surface area contributed by atoms with Crippen molar-refractivity contribution in [2.45, 2.75) is 32.4 Å². The van der Waals surface area contributed by atoms with Crippen LogP contribution < -0.4 is 89.6 Å². The van der Waals surface area contributed by atoms with Gasteiger partial charge in [0.15, 0.2) is 0 Å². The Hall–Kier alpha value is -0.828. The number of methoxy groups -OCH3 is 1. The molecule has 1 unspecified atom stereocenters. The van der Waals surface area contributed by atoms with Gasteiger partial charge in [0.25, 0.3) is 5.91 Å². The number of hydrogen-bond acceptors (Lipinski definition) is 6. The molecule has 1 aliphatic carbocycles. The van der Waals surface area contributed by atoms with E-state index in [-0.39, 0.29) is 93.7 Å². The van der Waals surface area contributed by atoms with Gasteiger partial charge < -0.3 is 28.1 Å². The normalized spacial score (nSPS) is 16.9. The Kier molecular flexibility index (Phi) is 13.1. The van der Waals surface area contributed by atoms with Gasteiger partial charge in [0.05, 0.1) is 23.9 Å². The van der Waals surface area contributed by atoms with Gasteiger partial charge in [-0.3, -0.25) is 9.78 Å². The Balaban J connectivity index is 0.00000149. The van der Waals surface area contributed by atoms with E-state index in [4.69, 9.17) is 4.74 Å². The van der Waals surface area contributed by atoms with E-state index in [1.165, 1.54) is 26.4 Å². The molecule has 7 nitrogen and oxygen atoms in total. The number of alkyl halides is 3. The van der Waals surface area contributed by atoms with Crippen LogP contribution in [0.3, 0.4) is 0 Å². The Bertz CT molecular complexity index is 986. The van der Waals surface area contributed by atoms with Gasteiger partial charge in [-0.25, -0.2) is 4.98 Å². The van der Waals surface area contributed by atoms with Crippen LogP contribution in [0.1, 0.15) is 42.2 Å². The van der Waals surface area contributed by atoms with E-state index in [0.717, 1.165) is 31.5 Å². The second-order valence-corrected chi connectivity index (χ2v) is 8.33. The van der Waals surface area contributed by atoms with Crippen LogP contribution in [-0.2, 0) is 6.18 Å². The predicted molar refractivity (Wildman–Crippen MR) is 127 cm³/mol. The number of carbonyl (C=O) groups is 1. The Morgan fingerprint density at radius 1 is 1.26 bits per heavy atom. The van der Waals surface area contributed by atoms with Gasteiger partial charge in [-0.1, -0.05) is 6.92 Å². The van der Waals surface area contributed by atoms with Crippen molar-refractivity contribution in [1.82, 2.24) is 15.3 Å². The van der Waals surface area contributed by atoms with Crippen molar-refractivity contribution in [1.29, 1.82) is 0 Å². The zero-order chi connectivity index (χ0) is 24.2. The van der Waals surface area contributed by atoms with E-state index < -0.39 is 11.9 Å². The largest absolute Gasteiger partial charge is 1.00 e. The molecule has 0 aromatic carbocycles. The first-order valence-corrected chi connectivity index (χ1v) is 11.0. The van der Waals surface area contributed by atoms with Crippen LogP contribution in [0.2, 0.25) is 0 Å². The third-order valence-electron chi connectivity index (χ3n) is 5.78. The molecule has 188 valence electrons. The van der Waals surface area contributed by atoms with Gasteiger partial charge in [0.1, 0.15) is 5.69 Å². The number of anilines is 1. The van der Waals surface area contributed by atoms with Crippen LogP contribution in [0.15, 0.2) is 24.5 Å². The fourth-order valence-electron chi connectivity index (χ4n) is 3.93. The summed E-state index contributed by atoms with van der Waals surface area (Å²) in [7, 11) is 2.92. The fourth-order valence-corrected chi connectivity index (χ4v) is 3.93. The molecule has 3 heterocycles. The molecule has 35 heavy (non-hydrogen) atoms. The quantitative estimate of drug-likeness (QED) is 0.476. The van der Waals surface area contributed by atoms with E-state index >= 15 is 0 Å². The van der Waals surface area contributed by atoms with E-state index in [1.54, 1.807) is 0 Å². The summed E-state index contributed by atoms with van der Waals surface area (Å²) in [6.45, 7) is 4.09. The molecule has 1 atom stereocenters. The third kappa shape index (κ3) is 8.08. The number of ether oxygens (including phenoxy) is 1. The van der Waals surface area contributed by atoms with Gasteiger partial charge in [0, 0.05) is 32.0 Å². The number of nitrogens with zero attached hydrogens (tertiary/aromatic N) is 3. The van der Waals surface area contributed by atoms with Crippen LogP contribution in [-0.4, -0.2) is 49.7 Å². The van der Waals surface area contributed by atoms with Crippen molar-refractivity contribution in [2.75, 3.05) is 38.7 Å². The van der Waals surface area contributed by atoms with E-state index in [0.29, 0.717) is 48.3 Å². The van der Waals surface area contributed by atoms with Crippen molar-refractivity contribution in [3.63, 3.8) is 0 Å². The number of nitrogens with one attached hydrogen (secondary N) is 1. The molecule has 1 amide bonds. The first-order chi connectivity index (χ1) is 15.8. The molecule has 0 spiro atoms. The van der Waals surface area contributed by atoms with Gasteiger partial charge in [-0.05, 0) is 55.8 Å². The molecule has 4 rings (SSSR count). The van der Waals surface area contributed by atoms with Gasteiger partial charge in [-0.2, -0.15) is 13.2 Å². The van der Waals surface area contributed by atoms with Crippen molar-refractivity contribution in [2.24, 2.45) is 17.6 Å². The molecule has 1 saturated heterocycles. The molecule has 2 aromatic heterocycles. The van der Waals surface area contributed by atoms with Crippen LogP contribution in [0.4, 0.5) is 18.9 Å². The number of nitrogens with two attached hydrogens (primary N) is 1. The summed E-state index contributed by atoms with van der Waals surface area (Å²) in [5, 5.41) is 2.95. The zero-order valence-electron chi connectivity index (χ0n) is 21.1. The molecular formula is C24H33CsF3N5O2. The minimum Gasteiger partial charge on any atom is -0.480 e. The van der Waals surface area contributed by atoms with E-state index in [2.05, 4.69) is 27.9 Å². The summed E-state index contributed by atoms with van der Waals surface area (Å²) in [6, 6.07) is 2.47. The summed E-state index contributed by atoms with van der Waals surface area (Å²) in [5.74, 6) is 0.799. The monoisotopic (exact) mass is 613 g/mol. The molecule has 3 N–H and O–H groups in total. The molecular weight excluding hydrogens is 580 g/mol. The smallest absolute Gasteiger partial charge is 0.480 e. The van der Waals surface area contributed by atoms with E-state index in [9.17, 15) is 18.0 Å². The van der Waals surface area contributed by atoms with Crippen molar-refractivity contribution >= 4 is 11.6 Å². The maximum Gasteiger partial charge on any atom is 1.00 e. The van der Waals surface area contributed by atoms with Gasteiger partial charge in [-0.15, -0.1) is 0 Å². The summed E-state index contributed by atoms with van der Waals surface area (Å²) in [4.78, 5) is 22.8. The molecule has 11 heteroatoms. The van der Waals surface area contributed by atoms with E-state index in [1.807, 2.05) is 4.90 Å². The Morgan fingerprint density at radius 3 is 2.49 bits per heavy atom. The molecule has 0 bridgehead atoms. The number of pyridine rings is 2. The fraction of sp³-hybridized carbons (Fsp3) is 0.500. The minimum absolute atomic E-state index is 0. The second kappa shape index (κ2) is 14.2. The number of hydrogen-bond donors (Lipinski definition) is 2. The minimum atomic E-state index is -4.59. The number of aromatic nitrogens is 2. The third-order valence-corrected chi connectivity index (χ3v) is 5.78. The Labute approximate surface area is 264 Å². The number of carbonyl (C=O) groups excluding carboxylic acids is 1. The maximum absolute atomic E-state index is 13.3. The van der Waals surface area contributed by atoms with Crippen LogP contribution in [0, 0.1) is 19.3 Å². The van der Waals surface area contributed by atoms with Crippen LogP contribution in [0.25, 0.3) is 11.1 Å². The first kappa shape index (κ1) is 32.2. The molecule has 2 fully saturated rings. The molecule has 1 saturated carbocycles. The molecule has 0 radical (unpaired) electrons. The molecule has 2 aliphatic rings. The van der Waals surface area contributed by atoms with Gasteiger partial charge in [0.2, 0.25) is 5.88 Å². The predicted octanol–water partition coefficient (Wildman–Crippen LogP) is 1.19. The molecule has 1 aliphatic heterocycles. The molecule has 2 aromatic rings. The number of amides is 1.